The van der Waals surface area contributed by atoms with Crippen LogP contribution in [0.3, 0.4) is 0 Å². The lowest BCUT2D eigenvalue weighted by molar-refractivity contribution is 0.111. The van der Waals surface area contributed by atoms with Crippen LogP contribution in [0.25, 0.3) is 0 Å². The molecule has 0 N–H and O–H groups in total. The van der Waals surface area contributed by atoms with Crippen molar-refractivity contribution in [2.45, 2.75) is 46.1 Å². The Balaban J connectivity index is 2.68. The Bertz CT molecular complexity index is 345. The number of aromatic nitrogens is 2. The van der Waals surface area contributed by atoms with Gasteiger partial charge in [-0.3, -0.25) is 4.79 Å². The van der Waals surface area contributed by atoms with E-state index >= 15 is 0 Å². The molecule has 1 heterocycles. The fourth-order valence-electron chi connectivity index (χ4n) is 1.77. The second kappa shape index (κ2) is 6.30. The highest BCUT2D eigenvalue weighted by molar-refractivity contribution is 5.80. The summed E-state index contributed by atoms with van der Waals surface area (Å²) in [6.45, 7) is 4.83. The number of aldehydes is 1. The van der Waals surface area contributed by atoms with Crippen molar-refractivity contribution >= 4 is 6.29 Å². The quantitative estimate of drug-likeness (QED) is 0.528. The Morgan fingerprint density at radius 1 is 1.38 bits per heavy atom. The molecule has 0 spiro atoms. The van der Waals surface area contributed by atoms with Gasteiger partial charge in [-0.1, -0.05) is 26.2 Å². The fourth-order valence-corrected chi connectivity index (χ4v) is 1.77. The third-order valence-electron chi connectivity index (χ3n) is 2.66. The molecule has 90 valence electrons. The molecular weight excluding hydrogens is 204 g/mol. The maximum absolute atomic E-state index is 10.9. The lowest BCUT2D eigenvalue weighted by Crippen LogP contribution is -2.03. The highest BCUT2D eigenvalue weighted by atomic mass is 16.5. The zero-order valence-corrected chi connectivity index (χ0v) is 10.3. The smallest absolute Gasteiger partial charge is 0.222 e. The van der Waals surface area contributed by atoms with Crippen LogP contribution in [0, 0.1) is 6.92 Å². The van der Waals surface area contributed by atoms with E-state index in [0.29, 0.717) is 11.4 Å². The molecule has 4 heteroatoms. The largest absolute Gasteiger partial charge is 0.481 e. The van der Waals surface area contributed by atoms with Crippen molar-refractivity contribution in [2.24, 2.45) is 0 Å². The van der Waals surface area contributed by atoms with E-state index in [9.17, 15) is 4.79 Å². The van der Waals surface area contributed by atoms with E-state index in [1.165, 1.54) is 19.3 Å². The van der Waals surface area contributed by atoms with Crippen LogP contribution in [0.2, 0.25) is 0 Å². The Hall–Kier alpha value is -1.32. The highest BCUT2D eigenvalue weighted by Gasteiger charge is 2.14. The summed E-state index contributed by atoms with van der Waals surface area (Å²) in [5.74, 6) is 0.587. The summed E-state index contributed by atoms with van der Waals surface area (Å²) in [5.41, 5.74) is 1.31. The second-order valence-corrected chi connectivity index (χ2v) is 3.91. The van der Waals surface area contributed by atoms with Crippen molar-refractivity contribution in [2.75, 3.05) is 7.11 Å². The van der Waals surface area contributed by atoms with E-state index in [1.807, 2.05) is 6.92 Å². The van der Waals surface area contributed by atoms with Gasteiger partial charge in [-0.15, -0.1) is 0 Å². The summed E-state index contributed by atoms with van der Waals surface area (Å²) in [6.07, 6.45) is 5.53. The monoisotopic (exact) mass is 224 g/mol. The van der Waals surface area contributed by atoms with Gasteiger partial charge in [-0.05, 0) is 13.3 Å². The first-order valence-electron chi connectivity index (χ1n) is 5.81. The Morgan fingerprint density at radius 2 is 2.12 bits per heavy atom. The SMILES string of the molecule is CCCCCCn1nc(C)c(C=O)c1OC. The van der Waals surface area contributed by atoms with Crippen LogP contribution in [-0.4, -0.2) is 23.2 Å². The predicted molar refractivity (Wildman–Crippen MR) is 63.0 cm³/mol. The van der Waals surface area contributed by atoms with E-state index in [2.05, 4.69) is 12.0 Å². The second-order valence-electron chi connectivity index (χ2n) is 3.91. The molecule has 0 unspecified atom stereocenters. The van der Waals surface area contributed by atoms with Gasteiger partial charge in [0, 0.05) is 6.54 Å². The van der Waals surface area contributed by atoms with Gasteiger partial charge in [0.05, 0.1) is 18.4 Å². The van der Waals surface area contributed by atoms with Gasteiger partial charge in [-0.2, -0.15) is 5.10 Å². The molecule has 0 saturated carbocycles. The topological polar surface area (TPSA) is 44.1 Å². The van der Waals surface area contributed by atoms with Crippen molar-refractivity contribution in [3.05, 3.63) is 11.3 Å². The van der Waals surface area contributed by atoms with Crippen LogP contribution in [0.4, 0.5) is 0 Å². The molecule has 0 amide bonds. The van der Waals surface area contributed by atoms with E-state index in [0.717, 1.165) is 24.9 Å². The van der Waals surface area contributed by atoms with E-state index in [-0.39, 0.29) is 0 Å². The number of nitrogens with zero attached hydrogens (tertiary/aromatic N) is 2. The molecule has 1 aromatic heterocycles. The molecule has 0 aliphatic heterocycles. The summed E-state index contributed by atoms with van der Waals surface area (Å²) >= 11 is 0. The Morgan fingerprint density at radius 3 is 2.69 bits per heavy atom. The number of ether oxygens (including phenoxy) is 1. The fraction of sp³-hybridized carbons (Fsp3) is 0.667. The molecule has 0 aliphatic rings. The average molecular weight is 224 g/mol. The van der Waals surface area contributed by atoms with E-state index in [1.54, 1.807) is 11.8 Å². The maximum atomic E-state index is 10.9. The molecule has 4 nitrogen and oxygen atoms in total. The van der Waals surface area contributed by atoms with Gasteiger partial charge in [0.1, 0.15) is 0 Å². The van der Waals surface area contributed by atoms with Gasteiger partial charge in [-0.25, -0.2) is 4.68 Å². The van der Waals surface area contributed by atoms with Crippen molar-refractivity contribution < 1.29 is 9.53 Å². The van der Waals surface area contributed by atoms with Crippen LogP contribution in [-0.2, 0) is 6.54 Å². The van der Waals surface area contributed by atoms with Crippen molar-refractivity contribution in [1.29, 1.82) is 0 Å². The van der Waals surface area contributed by atoms with Gasteiger partial charge in [0.25, 0.3) is 0 Å². The number of rotatable bonds is 7. The van der Waals surface area contributed by atoms with Gasteiger partial charge >= 0.3 is 0 Å². The molecule has 0 radical (unpaired) electrons. The number of aryl methyl sites for hydroxylation is 2. The first kappa shape index (κ1) is 12.7. The molecule has 0 saturated heterocycles. The van der Waals surface area contributed by atoms with Gasteiger partial charge in [0.2, 0.25) is 5.88 Å². The summed E-state index contributed by atoms with van der Waals surface area (Å²) in [6, 6.07) is 0. The number of carbonyl (C=O) groups excluding carboxylic acids is 1. The highest BCUT2D eigenvalue weighted by Crippen LogP contribution is 2.20. The minimum atomic E-state index is 0.568. The molecule has 1 rings (SSSR count). The molecule has 1 aromatic rings. The average Bonchev–Trinajstić information content (AvgIpc) is 2.60. The van der Waals surface area contributed by atoms with Crippen LogP contribution in [0.15, 0.2) is 0 Å². The third kappa shape index (κ3) is 2.84. The van der Waals surface area contributed by atoms with Crippen LogP contribution in [0.1, 0.15) is 48.7 Å². The van der Waals surface area contributed by atoms with Crippen molar-refractivity contribution in [1.82, 2.24) is 9.78 Å². The first-order valence-corrected chi connectivity index (χ1v) is 5.81. The van der Waals surface area contributed by atoms with Crippen LogP contribution in [0.5, 0.6) is 5.88 Å². The van der Waals surface area contributed by atoms with Gasteiger partial charge in [0.15, 0.2) is 6.29 Å². The minimum Gasteiger partial charge on any atom is -0.481 e. The summed E-state index contributed by atoms with van der Waals surface area (Å²) < 4.78 is 7.00. The number of hydrogen-bond donors (Lipinski definition) is 0. The first-order chi connectivity index (χ1) is 7.74. The Kier molecular flexibility index (Phi) is 5.02. The Labute approximate surface area is 96.6 Å². The normalized spacial score (nSPS) is 10.4. The zero-order chi connectivity index (χ0) is 12.0. The lowest BCUT2D eigenvalue weighted by Gasteiger charge is -2.05. The van der Waals surface area contributed by atoms with E-state index in [4.69, 9.17) is 4.74 Å². The predicted octanol–water partition coefficient (Wildman–Crippen LogP) is 2.59. The number of unbranched alkanes of at least 4 members (excludes halogenated alkanes) is 3. The minimum absolute atomic E-state index is 0.568. The number of carbonyl (C=O) groups is 1. The summed E-state index contributed by atoms with van der Waals surface area (Å²) in [5, 5.41) is 4.31. The number of hydrogen-bond acceptors (Lipinski definition) is 3. The lowest BCUT2D eigenvalue weighted by atomic mass is 10.2. The van der Waals surface area contributed by atoms with Crippen molar-refractivity contribution in [3.63, 3.8) is 0 Å². The van der Waals surface area contributed by atoms with E-state index < -0.39 is 0 Å². The molecule has 0 atom stereocenters. The molecule has 16 heavy (non-hydrogen) atoms. The van der Waals surface area contributed by atoms with Crippen LogP contribution >= 0.6 is 0 Å². The molecule has 0 bridgehead atoms. The van der Waals surface area contributed by atoms with Crippen molar-refractivity contribution in [3.8, 4) is 5.88 Å². The van der Waals surface area contributed by atoms with Crippen LogP contribution < -0.4 is 4.74 Å². The zero-order valence-electron chi connectivity index (χ0n) is 10.3. The summed E-state index contributed by atoms with van der Waals surface area (Å²) in [4.78, 5) is 10.9. The number of methoxy groups -OCH3 is 1. The maximum Gasteiger partial charge on any atom is 0.222 e. The summed E-state index contributed by atoms with van der Waals surface area (Å²) in [7, 11) is 1.58. The standard InChI is InChI=1S/C12H20N2O2/c1-4-5-6-7-8-14-12(16-3)11(9-15)10(2)13-14/h9H,4-8H2,1-3H3. The molecular formula is C12H20N2O2. The molecule has 0 aliphatic carbocycles. The van der Waals surface area contributed by atoms with Gasteiger partial charge < -0.3 is 4.74 Å². The third-order valence-corrected chi connectivity index (χ3v) is 2.66. The molecule has 0 aromatic carbocycles. The molecule has 0 fully saturated rings.